The van der Waals surface area contributed by atoms with Crippen LogP contribution in [-0.4, -0.2) is 4.57 Å². The summed E-state index contributed by atoms with van der Waals surface area (Å²) in [6.45, 7) is 3.09. The lowest BCUT2D eigenvalue weighted by Gasteiger charge is -2.21. The van der Waals surface area contributed by atoms with E-state index in [1.165, 1.54) is 35.2 Å². The maximum absolute atomic E-state index is 6.16. The fraction of sp³-hybridized carbons (Fsp3) is 0.375. The van der Waals surface area contributed by atoms with E-state index in [4.69, 9.17) is 5.73 Å². The van der Waals surface area contributed by atoms with Gasteiger partial charge in [0.25, 0.3) is 0 Å². The molecule has 1 aromatic heterocycles. The molecular formula is C16H20N2. The van der Waals surface area contributed by atoms with E-state index in [0.29, 0.717) is 0 Å². The number of fused-ring (bicyclic) bond motifs is 1. The lowest BCUT2D eigenvalue weighted by Crippen LogP contribution is -2.18. The van der Waals surface area contributed by atoms with Crippen LogP contribution in [0.1, 0.15) is 41.3 Å². The van der Waals surface area contributed by atoms with Gasteiger partial charge in [0.05, 0.1) is 0 Å². The van der Waals surface area contributed by atoms with Crippen LogP contribution in [0.5, 0.6) is 0 Å². The van der Waals surface area contributed by atoms with Crippen LogP contribution in [-0.2, 0) is 13.0 Å². The second-order valence-corrected chi connectivity index (χ2v) is 5.33. The molecule has 94 valence electrons. The van der Waals surface area contributed by atoms with E-state index < -0.39 is 0 Å². The highest BCUT2D eigenvalue weighted by Gasteiger charge is 2.19. The molecule has 2 nitrogen and oxygen atoms in total. The molecule has 0 aliphatic heterocycles. The third-order valence-corrected chi connectivity index (χ3v) is 3.92. The Balaban J connectivity index is 1.87. The van der Waals surface area contributed by atoms with Crippen LogP contribution in [0.4, 0.5) is 0 Å². The minimum absolute atomic E-state index is 0.244. The molecule has 1 aliphatic carbocycles. The molecule has 1 aliphatic rings. The molecule has 18 heavy (non-hydrogen) atoms. The molecule has 0 saturated heterocycles. The van der Waals surface area contributed by atoms with Gasteiger partial charge in [-0.15, -0.1) is 0 Å². The predicted molar refractivity (Wildman–Crippen MR) is 74.6 cm³/mol. The molecule has 2 aromatic rings. The Bertz CT molecular complexity index is 537. The zero-order valence-corrected chi connectivity index (χ0v) is 10.9. The highest BCUT2D eigenvalue weighted by Crippen LogP contribution is 2.29. The molecule has 0 amide bonds. The van der Waals surface area contributed by atoms with Crippen LogP contribution >= 0.6 is 0 Å². The number of hydrogen-bond acceptors (Lipinski definition) is 1. The molecule has 0 bridgehead atoms. The predicted octanol–water partition coefficient (Wildman–Crippen LogP) is 3.18. The van der Waals surface area contributed by atoms with E-state index in [-0.39, 0.29) is 6.04 Å². The Morgan fingerprint density at radius 2 is 2.00 bits per heavy atom. The highest BCUT2D eigenvalue weighted by molar-refractivity contribution is 5.30. The third-order valence-electron chi connectivity index (χ3n) is 3.92. The molecule has 0 spiro atoms. The van der Waals surface area contributed by atoms with Gasteiger partial charge >= 0.3 is 0 Å². The average molecular weight is 240 g/mol. The molecular weight excluding hydrogens is 220 g/mol. The number of rotatable bonds is 2. The number of hydrogen-bond donors (Lipinski definition) is 1. The molecule has 1 atom stereocenters. The number of nitrogens with two attached hydrogens (primary N) is 1. The summed E-state index contributed by atoms with van der Waals surface area (Å²) in [5.74, 6) is 0. The van der Waals surface area contributed by atoms with Crippen molar-refractivity contribution in [3.05, 3.63) is 58.9 Å². The standard InChI is InChI=1S/C16H20N2/c1-12-5-7-13(8-6-12)11-18-10-9-14-15(17)3-2-4-16(14)18/h5-10,15H,2-4,11,17H2,1H3. The fourth-order valence-electron chi connectivity index (χ4n) is 2.83. The molecule has 3 rings (SSSR count). The summed E-state index contributed by atoms with van der Waals surface area (Å²) in [5, 5.41) is 0. The van der Waals surface area contributed by atoms with Crippen molar-refractivity contribution in [3.8, 4) is 0 Å². The van der Waals surface area contributed by atoms with Gasteiger partial charge in [-0.3, -0.25) is 0 Å². The zero-order chi connectivity index (χ0) is 12.5. The van der Waals surface area contributed by atoms with E-state index >= 15 is 0 Å². The number of aromatic nitrogens is 1. The zero-order valence-electron chi connectivity index (χ0n) is 10.9. The van der Waals surface area contributed by atoms with Gasteiger partial charge in [0.2, 0.25) is 0 Å². The Kier molecular flexibility index (Phi) is 2.96. The van der Waals surface area contributed by atoms with Crippen LogP contribution in [0, 0.1) is 6.92 Å². The van der Waals surface area contributed by atoms with Crippen LogP contribution < -0.4 is 5.73 Å². The summed E-state index contributed by atoms with van der Waals surface area (Å²) < 4.78 is 2.36. The second kappa shape index (κ2) is 4.62. The van der Waals surface area contributed by atoms with E-state index in [0.717, 1.165) is 13.0 Å². The fourth-order valence-corrected chi connectivity index (χ4v) is 2.83. The molecule has 2 heteroatoms. The number of aryl methyl sites for hydroxylation is 1. The Morgan fingerprint density at radius 1 is 1.22 bits per heavy atom. The van der Waals surface area contributed by atoms with Crippen molar-refractivity contribution in [2.75, 3.05) is 0 Å². The Hall–Kier alpha value is -1.54. The van der Waals surface area contributed by atoms with E-state index in [2.05, 4.69) is 48.0 Å². The first kappa shape index (κ1) is 11.5. The van der Waals surface area contributed by atoms with Crippen molar-refractivity contribution in [2.24, 2.45) is 5.73 Å². The van der Waals surface area contributed by atoms with Gasteiger partial charge < -0.3 is 10.3 Å². The molecule has 1 aromatic carbocycles. The summed E-state index contributed by atoms with van der Waals surface area (Å²) in [4.78, 5) is 0. The highest BCUT2D eigenvalue weighted by atomic mass is 15.0. The maximum atomic E-state index is 6.16. The summed E-state index contributed by atoms with van der Waals surface area (Å²) in [6, 6.07) is 11.2. The Labute approximate surface area is 108 Å². The third kappa shape index (κ3) is 2.08. The first-order valence-electron chi connectivity index (χ1n) is 6.73. The quantitative estimate of drug-likeness (QED) is 0.858. The Morgan fingerprint density at radius 3 is 2.78 bits per heavy atom. The van der Waals surface area contributed by atoms with Crippen molar-refractivity contribution in [3.63, 3.8) is 0 Å². The summed E-state index contributed by atoms with van der Waals surface area (Å²) in [6.07, 6.45) is 5.70. The van der Waals surface area contributed by atoms with Gasteiger partial charge in [-0.25, -0.2) is 0 Å². The van der Waals surface area contributed by atoms with Crippen LogP contribution in [0.2, 0.25) is 0 Å². The van der Waals surface area contributed by atoms with Gasteiger partial charge in [-0.05, 0) is 43.4 Å². The first-order valence-corrected chi connectivity index (χ1v) is 6.73. The van der Waals surface area contributed by atoms with Crippen molar-refractivity contribution in [2.45, 2.75) is 38.8 Å². The van der Waals surface area contributed by atoms with E-state index in [1.807, 2.05) is 0 Å². The maximum Gasteiger partial charge on any atom is 0.0472 e. The van der Waals surface area contributed by atoms with Crippen LogP contribution in [0.15, 0.2) is 36.5 Å². The molecule has 0 fully saturated rings. The van der Waals surface area contributed by atoms with Crippen molar-refractivity contribution in [1.29, 1.82) is 0 Å². The van der Waals surface area contributed by atoms with E-state index in [1.54, 1.807) is 0 Å². The van der Waals surface area contributed by atoms with Gasteiger partial charge in [0, 0.05) is 24.5 Å². The van der Waals surface area contributed by atoms with Gasteiger partial charge in [-0.2, -0.15) is 0 Å². The number of benzene rings is 1. The van der Waals surface area contributed by atoms with E-state index in [9.17, 15) is 0 Å². The van der Waals surface area contributed by atoms with Gasteiger partial charge in [0.1, 0.15) is 0 Å². The molecule has 1 heterocycles. The second-order valence-electron chi connectivity index (χ2n) is 5.33. The van der Waals surface area contributed by atoms with Crippen molar-refractivity contribution in [1.82, 2.24) is 4.57 Å². The lowest BCUT2D eigenvalue weighted by atomic mass is 9.93. The smallest absolute Gasteiger partial charge is 0.0472 e. The lowest BCUT2D eigenvalue weighted by molar-refractivity contribution is 0.548. The largest absolute Gasteiger partial charge is 0.347 e. The average Bonchev–Trinajstić information content (AvgIpc) is 2.77. The SMILES string of the molecule is Cc1ccc(Cn2ccc3c2CCCC3N)cc1. The summed E-state index contributed by atoms with van der Waals surface area (Å²) in [7, 11) is 0. The van der Waals surface area contributed by atoms with Crippen LogP contribution in [0.3, 0.4) is 0 Å². The van der Waals surface area contributed by atoms with Crippen LogP contribution in [0.25, 0.3) is 0 Å². The monoisotopic (exact) mass is 240 g/mol. The molecule has 0 saturated carbocycles. The minimum atomic E-state index is 0.244. The first-order chi connectivity index (χ1) is 8.74. The van der Waals surface area contributed by atoms with Gasteiger partial charge in [-0.1, -0.05) is 29.8 Å². The number of nitrogens with zero attached hydrogens (tertiary/aromatic N) is 1. The molecule has 0 radical (unpaired) electrons. The molecule has 1 unspecified atom stereocenters. The van der Waals surface area contributed by atoms with Crippen molar-refractivity contribution >= 4 is 0 Å². The van der Waals surface area contributed by atoms with Gasteiger partial charge in [0.15, 0.2) is 0 Å². The topological polar surface area (TPSA) is 30.9 Å². The molecule has 2 N–H and O–H groups in total. The summed E-state index contributed by atoms with van der Waals surface area (Å²) in [5.41, 5.74) is 11.6. The minimum Gasteiger partial charge on any atom is -0.347 e. The summed E-state index contributed by atoms with van der Waals surface area (Å²) >= 11 is 0. The van der Waals surface area contributed by atoms with Crippen molar-refractivity contribution < 1.29 is 0 Å². The normalized spacial score (nSPS) is 18.7.